The van der Waals surface area contributed by atoms with Gasteiger partial charge in [0.1, 0.15) is 0 Å². The highest BCUT2D eigenvalue weighted by Crippen LogP contribution is 2.18. The number of nitrogens with two attached hydrogens (primary N) is 2. The Bertz CT molecular complexity index is 432. The molecule has 0 saturated carbocycles. The van der Waals surface area contributed by atoms with E-state index in [9.17, 15) is 4.79 Å². The average molecular weight is 277 g/mol. The Labute approximate surface area is 122 Å². The Hall–Kier alpha value is -1.71. The fraction of sp³-hybridized carbons (Fsp3) is 0.562. The van der Waals surface area contributed by atoms with Gasteiger partial charge in [0.05, 0.1) is 11.4 Å². The number of hydrogen-bond acceptors (Lipinski definition) is 3. The predicted octanol–water partition coefficient (Wildman–Crippen LogP) is 3.28. The van der Waals surface area contributed by atoms with Crippen molar-refractivity contribution in [1.82, 2.24) is 4.90 Å². The summed E-state index contributed by atoms with van der Waals surface area (Å²) in [4.78, 5) is 14.5. The van der Waals surface area contributed by atoms with Crippen molar-refractivity contribution < 1.29 is 4.79 Å². The summed E-state index contributed by atoms with van der Waals surface area (Å²) in [7, 11) is 0. The van der Waals surface area contributed by atoms with Crippen molar-refractivity contribution in [2.75, 3.05) is 24.6 Å². The molecule has 112 valence electrons. The second-order valence-corrected chi connectivity index (χ2v) is 5.20. The summed E-state index contributed by atoms with van der Waals surface area (Å²) < 4.78 is 0. The average Bonchev–Trinajstić information content (AvgIpc) is 2.45. The molecule has 0 radical (unpaired) electrons. The Morgan fingerprint density at radius 2 is 1.65 bits per heavy atom. The lowest BCUT2D eigenvalue weighted by molar-refractivity contribution is 0.0750. The Kier molecular flexibility index (Phi) is 6.91. The molecule has 0 unspecified atom stereocenters. The monoisotopic (exact) mass is 277 g/mol. The van der Waals surface area contributed by atoms with Gasteiger partial charge in [0.15, 0.2) is 0 Å². The van der Waals surface area contributed by atoms with E-state index in [0.717, 1.165) is 45.2 Å². The molecule has 0 atom stereocenters. The third-order valence-corrected chi connectivity index (χ3v) is 3.43. The van der Waals surface area contributed by atoms with E-state index in [1.54, 1.807) is 18.2 Å². The molecule has 0 bridgehead atoms. The number of rotatable bonds is 8. The molecule has 4 nitrogen and oxygen atoms in total. The first-order chi connectivity index (χ1) is 9.60. The van der Waals surface area contributed by atoms with Gasteiger partial charge in [-0.3, -0.25) is 4.79 Å². The molecule has 0 aliphatic rings. The van der Waals surface area contributed by atoms with Gasteiger partial charge in [-0.2, -0.15) is 0 Å². The van der Waals surface area contributed by atoms with Gasteiger partial charge in [-0.1, -0.05) is 33.1 Å². The van der Waals surface area contributed by atoms with Gasteiger partial charge >= 0.3 is 0 Å². The zero-order valence-corrected chi connectivity index (χ0v) is 12.7. The number of nitrogen functional groups attached to an aromatic ring is 2. The van der Waals surface area contributed by atoms with Crippen molar-refractivity contribution in [3.05, 3.63) is 23.8 Å². The third-order valence-electron chi connectivity index (χ3n) is 3.43. The number of hydrogen-bond donors (Lipinski definition) is 2. The van der Waals surface area contributed by atoms with E-state index in [1.165, 1.54) is 0 Å². The van der Waals surface area contributed by atoms with Gasteiger partial charge in [0.2, 0.25) is 0 Å². The van der Waals surface area contributed by atoms with Crippen LogP contribution in [-0.4, -0.2) is 23.9 Å². The first-order valence-electron chi connectivity index (χ1n) is 7.54. The maximum Gasteiger partial charge on any atom is 0.253 e. The molecule has 0 spiro atoms. The maximum absolute atomic E-state index is 12.5. The van der Waals surface area contributed by atoms with Crippen molar-refractivity contribution in [2.45, 2.75) is 46.0 Å². The summed E-state index contributed by atoms with van der Waals surface area (Å²) in [6, 6.07) is 5.13. The van der Waals surface area contributed by atoms with Crippen LogP contribution >= 0.6 is 0 Å². The van der Waals surface area contributed by atoms with Gasteiger partial charge in [0, 0.05) is 18.7 Å². The lowest BCUT2D eigenvalue weighted by Crippen LogP contribution is -2.33. The molecular formula is C16H27N3O. The van der Waals surface area contributed by atoms with Crippen molar-refractivity contribution in [3.8, 4) is 0 Å². The highest BCUT2D eigenvalue weighted by atomic mass is 16.2. The van der Waals surface area contributed by atoms with Gasteiger partial charge in [0.25, 0.3) is 5.91 Å². The summed E-state index contributed by atoms with van der Waals surface area (Å²) in [5, 5.41) is 0. The molecule has 4 N–H and O–H groups in total. The van der Waals surface area contributed by atoms with E-state index in [2.05, 4.69) is 13.8 Å². The standard InChI is InChI=1S/C16H27N3O/c1-3-5-7-11-19(10-6-4-2)16(20)13-8-9-14(17)15(18)12-13/h8-9,12H,3-7,10-11,17-18H2,1-2H3. The molecule has 0 saturated heterocycles. The number of benzene rings is 1. The highest BCUT2D eigenvalue weighted by Gasteiger charge is 2.15. The van der Waals surface area contributed by atoms with Crippen LogP contribution in [0.4, 0.5) is 11.4 Å². The number of carbonyl (C=O) groups is 1. The number of nitrogens with zero attached hydrogens (tertiary/aromatic N) is 1. The topological polar surface area (TPSA) is 72.3 Å². The van der Waals surface area contributed by atoms with E-state index >= 15 is 0 Å². The second-order valence-electron chi connectivity index (χ2n) is 5.20. The Morgan fingerprint density at radius 3 is 2.25 bits per heavy atom. The van der Waals surface area contributed by atoms with Crippen molar-refractivity contribution in [1.29, 1.82) is 0 Å². The third kappa shape index (κ3) is 4.76. The summed E-state index contributed by atoms with van der Waals surface area (Å²) >= 11 is 0. The zero-order chi connectivity index (χ0) is 15.0. The second kappa shape index (κ2) is 8.46. The molecule has 1 rings (SSSR count). The quantitative estimate of drug-likeness (QED) is 0.565. The van der Waals surface area contributed by atoms with Crippen LogP contribution in [0.5, 0.6) is 0 Å². The highest BCUT2D eigenvalue weighted by molar-refractivity contribution is 5.96. The largest absolute Gasteiger partial charge is 0.397 e. The molecule has 1 aromatic rings. The fourth-order valence-electron chi connectivity index (χ4n) is 2.11. The van der Waals surface area contributed by atoms with Gasteiger partial charge in [-0.15, -0.1) is 0 Å². The first-order valence-corrected chi connectivity index (χ1v) is 7.54. The summed E-state index contributed by atoms with van der Waals surface area (Å²) in [5.74, 6) is 0.0567. The normalized spacial score (nSPS) is 10.5. The molecule has 20 heavy (non-hydrogen) atoms. The minimum atomic E-state index is 0.0567. The minimum absolute atomic E-state index is 0.0567. The predicted molar refractivity (Wildman–Crippen MR) is 85.6 cm³/mol. The summed E-state index contributed by atoms with van der Waals surface area (Å²) in [6.45, 7) is 5.93. The number of unbranched alkanes of at least 4 members (excludes halogenated alkanes) is 3. The van der Waals surface area contributed by atoms with Crippen LogP contribution in [0, 0.1) is 0 Å². The van der Waals surface area contributed by atoms with Crippen LogP contribution in [0.3, 0.4) is 0 Å². The molecule has 0 fully saturated rings. The number of amides is 1. The first kappa shape index (κ1) is 16.3. The molecule has 4 heteroatoms. The van der Waals surface area contributed by atoms with Crippen molar-refractivity contribution >= 4 is 17.3 Å². The fourth-order valence-corrected chi connectivity index (χ4v) is 2.11. The Balaban J connectivity index is 2.76. The van der Waals surface area contributed by atoms with E-state index in [-0.39, 0.29) is 5.91 Å². The van der Waals surface area contributed by atoms with Crippen LogP contribution in [0.25, 0.3) is 0 Å². The van der Waals surface area contributed by atoms with Crippen LogP contribution in [0.2, 0.25) is 0 Å². The Morgan fingerprint density at radius 1 is 1.00 bits per heavy atom. The SMILES string of the molecule is CCCCCN(CCCC)C(=O)c1ccc(N)c(N)c1. The van der Waals surface area contributed by atoms with E-state index < -0.39 is 0 Å². The van der Waals surface area contributed by atoms with Gasteiger partial charge in [-0.25, -0.2) is 0 Å². The van der Waals surface area contributed by atoms with Crippen LogP contribution in [0.15, 0.2) is 18.2 Å². The molecular weight excluding hydrogens is 250 g/mol. The lowest BCUT2D eigenvalue weighted by Gasteiger charge is -2.23. The number of anilines is 2. The van der Waals surface area contributed by atoms with Gasteiger partial charge in [-0.05, 0) is 31.0 Å². The smallest absolute Gasteiger partial charge is 0.253 e. The minimum Gasteiger partial charge on any atom is -0.397 e. The summed E-state index contributed by atoms with van der Waals surface area (Å²) in [5.41, 5.74) is 13.1. The molecule has 0 aliphatic heterocycles. The molecule has 1 aromatic carbocycles. The number of carbonyl (C=O) groups excluding carboxylic acids is 1. The van der Waals surface area contributed by atoms with Gasteiger partial charge < -0.3 is 16.4 Å². The molecule has 0 aromatic heterocycles. The van der Waals surface area contributed by atoms with E-state index in [1.807, 2.05) is 4.90 Å². The van der Waals surface area contributed by atoms with Crippen molar-refractivity contribution in [2.24, 2.45) is 0 Å². The molecule has 1 amide bonds. The molecule has 0 heterocycles. The lowest BCUT2D eigenvalue weighted by atomic mass is 10.1. The van der Waals surface area contributed by atoms with Crippen LogP contribution in [-0.2, 0) is 0 Å². The van der Waals surface area contributed by atoms with E-state index in [0.29, 0.717) is 16.9 Å². The van der Waals surface area contributed by atoms with E-state index in [4.69, 9.17) is 11.5 Å². The van der Waals surface area contributed by atoms with Crippen molar-refractivity contribution in [3.63, 3.8) is 0 Å². The molecule has 0 aliphatic carbocycles. The van der Waals surface area contributed by atoms with Crippen LogP contribution < -0.4 is 11.5 Å². The summed E-state index contributed by atoms with van der Waals surface area (Å²) in [6.07, 6.45) is 5.48. The van der Waals surface area contributed by atoms with Crippen LogP contribution in [0.1, 0.15) is 56.3 Å². The maximum atomic E-state index is 12.5. The zero-order valence-electron chi connectivity index (χ0n) is 12.7.